The van der Waals surface area contributed by atoms with Crippen LogP contribution in [0.5, 0.6) is 11.5 Å². The zero-order chi connectivity index (χ0) is 31.4. The first-order valence-electron chi connectivity index (χ1n) is 14.0. The Morgan fingerprint density at radius 2 is 1.80 bits per heavy atom. The Bertz CT molecular complexity index is 1790. The number of hydrogen-bond donors (Lipinski definition) is 0. The SMILES string of the molecule is CC(C)CCN(CC(=O)N(Cc1ccc2c(c1)OCO2)Cc1coc2ccc(Cl)cc2c1=O)C(=O)c1cccc([N+](=O)[O-])c1. The van der Waals surface area contributed by atoms with Crippen LogP contribution in [-0.2, 0) is 17.9 Å². The molecule has 0 radical (unpaired) electrons. The zero-order valence-corrected chi connectivity index (χ0v) is 24.9. The van der Waals surface area contributed by atoms with E-state index in [1.54, 1.807) is 30.3 Å². The molecule has 5 rings (SSSR count). The summed E-state index contributed by atoms with van der Waals surface area (Å²) >= 11 is 6.13. The van der Waals surface area contributed by atoms with E-state index in [-0.39, 0.29) is 66.5 Å². The highest BCUT2D eigenvalue weighted by molar-refractivity contribution is 6.31. The van der Waals surface area contributed by atoms with E-state index in [0.29, 0.717) is 28.5 Å². The normalized spacial score (nSPS) is 12.0. The van der Waals surface area contributed by atoms with Gasteiger partial charge in [-0.1, -0.05) is 37.6 Å². The maximum absolute atomic E-state index is 14.0. The summed E-state index contributed by atoms with van der Waals surface area (Å²) in [6, 6.07) is 15.5. The molecule has 0 atom stereocenters. The second kappa shape index (κ2) is 13.2. The predicted molar refractivity (Wildman–Crippen MR) is 163 cm³/mol. The highest BCUT2D eigenvalue weighted by atomic mass is 35.5. The summed E-state index contributed by atoms with van der Waals surface area (Å²) in [6.45, 7) is 3.99. The first-order valence-corrected chi connectivity index (χ1v) is 14.4. The van der Waals surface area contributed by atoms with Crippen LogP contribution in [0.3, 0.4) is 0 Å². The second-order valence-corrected chi connectivity index (χ2v) is 11.3. The Hall–Kier alpha value is -4.90. The van der Waals surface area contributed by atoms with Crippen LogP contribution < -0.4 is 14.9 Å². The fraction of sp³-hybridized carbons (Fsp3) is 0.281. The minimum atomic E-state index is -0.574. The molecule has 2 heterocycles. The summed E-state index contributed by atoms with van der Waals surface area (Å²) in [7, 11) is 0. The maximum Gasteiger partial charge on any atom is 0.270 e. The van der Waals surface area contributed by atoms with Gasteiger partial charge in [0, 0.05) is 35.8 Å². The number of hydrogen-bond acceptors (Lipinski definition) is 8. The molecular weight excluding hydrogens is 590 g/mol. The van der Waals surface area contributed by atoms with Gasteiger partial charge in [0.2, 0.25) is 12.7 Å². The summed E-state index contributed by atoms with van der Waals surface area (Å²) in [4.78, 5) is 54.6. The highest BCUT2D eigenvalue weighted by Gasteiger charge is 2.26. The van der Waals surface area contributed by atoms with Crippen molar-refractivity contribution in [2.24, 2.45) is 5.92 Å². The van der Waals surface area contributed by atoms with Crippen LogP contribution in [0, 0.1) is 16.0 Å². The van der Waals surface area contributed by atoms with Gasteiger partial charge in [-0.25, -0.2) is 0 Å². The molecular formula is C32H30ClN3O8. The molecule has 0 fully saturated rings. The van der Waals surface area contributed by atoms with Crippen LogP contribution in [0.4, 0.5) is 5.69 Å². The average molecular weight is 620 g/mol. The number of non-ortho nitro benzene ring substituents is 1. The number of nitro benzene ring substituents is 1. The van der Waals surface area contributed by atoms with Crippen molar-refractivity contribution in [3.8, 4) is 11.5 Å². The fourth-order valence-corrected chi connectivity index (χ4v) is 4.99. The van der Waals surface area contributed by atoms with Gasteiger partial charge in [0.1, 0.15) is 12.1 Å². The summed E-state index contributed by atoms with van der Waals surface area (Å²) in [5.41, 5.74) is 0.853. The van der Waals surface area contributed by atoms with Crippen molar-refractivity contribution in [1.29, 1.82) is 0 Å². The minimum Gasteiger partial charge on any atom is -0.464 e. The number of amides is 2. The lowest BCUT2D eigenvalue weighted by atomic mass is 10.1. The molecule has 0 unspecified atom stereocenters. The van der Waals surface area contributed by atoms with Gasteiger partial charge in [-0.2, -0.15) is 0 Å². The van der Waals surface area contributed by atoms with Gasteiger partial charge in [-0.3, -0.25) is 24.5 Å². The molecule has 0 aliphatic carbocycles. The number of nitrogens with zero attached hydrogens (tertiary/aromatic N) is 3. The average Bonchev–Trinajstić information content (AvgIpc) is 3.48. The van der Waals surface area contributed by atoms with Crippen LogP contribution in [0.25, 0.3) is 11.0 Å². The summed E-state index contributed by atoms with van der Waals surface area (Å²) in [5.74, 6) is 0.404. The Labute approximate surface area is 257 Å². The van der Waals surface area contributed by atoms with Crippen molar-refractivity contribution in [1.82, 2.24) is 9.80 Å². The number of nitro groups is 1. The molecule has 4 aromatic rings. The molecule has 0 saturated carbocycles. The van der Waals surface area contributed by atoms with Crippen LogP contribution >= 0.6 is 11.6 Å². The smallest absolute Gasteiger partial charge is 0.270 e. The van der Waals surface area contributed by atoms with Gasteiger partial charge in [-0.05, 0) is 54.3 Å². The Kier molecular flexibility index (Phi) is 9.15. The van der Waals surface area contributed by atoms with E-state index >= 15 is 0 Å². The Balaban J connectivity index is 1.46. The van der Waals surface area contributed by atoms with E-state index in [1.807, 2.05) is 13.8 Å². The molecule has 0 N–H and O–H groups in total. The molecule has 44 heavy (non-hydrogen) atoms. The van der Waals surface area contributed by atoms with Crippen molar-refractivity contribution in [3.05, 3.63) is 109 Å². The molecule has 11 nitrogen and oxygen atoms in total. The van der Waals surface area contributed by atoms with Gasteiger partial charge in [0.15, 0.2) is 16.9 Å². The number of ether oxygens (including phenoxy) is 2. The molecule has 0 spiro atoms. The minimum absolute atomic E-state index is 0.0888. The van der Waals surface area contributed by atoms with Gasteiger partial charge >= 0.3 is 0 Å². The number of carbonyl (C=O) groups is 2. The standard InChI is InChI=1S/C32H30ClN3O8/c1-20(2)10-11-34(32(39)22-4-3-5-25(13-22)36(40)41)17-30(37)35(15-21-6-8-28-29(12-21)44-19-43-28)16-23-18-42-27-9-7-24(33)14-26(27)31(23)38/h3-9,12-14,18,20H,10-11,15-17,19H2,1-2H3. The summed E-state index contributed by atoms with van der Waals surface area (Å²) < 4.78 is 16.6. The van der Waals surface area contributed by atoms with Gasteiger partial charge in [-0.15, -0.1) is 0 Å². The monoisotopic (exact) mass is 619 g/mol. The van der Waals surface area contributed by atoms with Crippen LogP contribution in [-0.4, -0.2) is 46.4 Å². The lowest BCUT2D eigenvalue weighted by molar-refractivity contribution is -0.384. The van der Waals surface area contributed by atoms with Crippen LogP contribution in [0.15, 0.2) is 76.1 Å². The van der Waals surface area contributed by atoms with E-state index in [0.717, 1.165) is 5.56 Å². The number of rotatable bonds is 11. The number of carbonyl (C=O) groups excluding carboxylic acids is 2. The number of benzene rings is 3. The molecule has 0 saturated heterocycles. The highest BCUT2D eigenvalue weighted by Crippen LogP contribution is 2.33. The Morgan fingerprint density at radius 3 is 2.57 bits per heavy atom. The van der Waals surface area contributed by atoms with Gasteiger partial charge < -0.3 is 23.7 Å². The number of halogens is 1. The molecule has 2 amide bonds. The van der Waals surface area contributed by atoms with Crippen molar-refractivity contribution < 1.29 is 28.4 Å². The third kappa shape index (κ3) is 7.00. The number of fused-ring (bicyclic) bond motifs is 2. The molecule has 1 aromatic heterocycles. The van der Waals surface area contributed by atoms with E-state index < -0.39 is 16.7 Å². The lowest BCUT2D eigenvalue weighted by Gasteiger charge is -2.28. The van der Waals surface area contributed by atoms with Crippen molar-refractivity contribution in [2.75, 3.05) is 19.9 Å². The largest absolute Gasteiger partial charge is 0.464 e. The van der Waals surface area contributed by atoms with Gasteiger partial charge in [0.05, 0.1) is 28.7 Å². The Morgan fingerprint density at radius 1 is 1.00 bits per heavy atom. The van der Waals surface area contributed by atoms with E-state index in [1.165, 1.54) is 46.4 Å². The first kappa shape index (κ1) is 30.6. The quantitative estimate of drug-likeness (QED) is 0.152. The van der Waals surface area contributed by atoms with Crippen LogP contribution in [0.2, 0.25) is 5.02 Å². The second-order valence-electron chi connectivity index (χ2n) is 10.9. The molecule has 1 aliphatic heterocycles. The first-order chi connectivity index (χ1) is 21.1. The zero-order valence-electron chi connectivity index (χ0n) is 24.2. The van der Waals surface area contributed by atoms with Crippen molar-refractivity contribution in [2.45, 2.75) is 33.4 Å². The van der Waals surface area contributed by atoms with Crippen LogP contribution in [0.1, 0.15) is 41.8 Å². The molecule has 0 bridgehead atoms. The van der Waals surface area contributed by atoms with E-state index in [2.05, 4.69) is 0 Å². The van der Waals surface area contributed by atoms with E-state index in [4.69, 9.17) is 25.5 Å². The van der Waals surface area contributed by atoms with Crippen molar-refractivity contribution in [3.63, 3.8) is 0 Å². The third-order valence-electron chi connectivity index (χ3n) is 7.22. The molecule has 1 aliphatic rings. The topological polar surface area (TPSA) is 132 Å². The molecule has 3 aromatic carbocycles. The molecule has 12 heteroatoms. The summed E-state index contributed by atoms with van der Waals surface area (Å²) in [6.07, 6.45) is 1.93. The molecule has 228 valence electrons. The maximum atomic E-state index is 14.0. The lowest BCUT2D eigenvalue weighted by Crippen LogP contribution is -2.43. The fourth-order valence-electron chi connectivity index (χ4n) is 4.81. The summed E-state index contributed by atoms with van der Waals surface area (Å²) in [5, 5.41) is 12.0. The third-order valence-corrected chi connectivity index (χ3v) is 7.46. The van der Waals surface area contributed by atoms with E-state index in [9.17, 15) is 24.5 Å². The van der Waals surface area contributed by atoms with Gasteiger partial charge in [0.25, 0.3) is 11.6 Å². The predicted octanol–water partition coefficient (Wildman–Crippen LogP) is 5.80. The van der Waals surface area contributed by atoms with Crippen molar-refractivity contribution >= 4 is 40.1 Å².